The molecule has 0 bridgehead atoms. The molecule has 0 fully saturated rings. The molecular weight excluding hydrogens is 446 g/mol. The highest BCUT2D eigenvalue weighted by Crippen LogP contribution is 2.45. The van der Waals surface area contributed by atoms with Crippen molar-refractivity contribution in [3.63, 3.8) is 0 Å². The number of esters is 1. The molecule has 0 spiro atoms. The highest BCUT2D eigenvalue weighted by Gasteiger charge is 2.34. The summed E-state index contributed by atoms with van der Waals surface area (Å²) in [7, 11) is -2.52. The molecule has 1 N–H and O–H groups in total. The highest BCUT2D eigenvalue weighted by molar-refractivity contribution is 7.91. The summed E-state index contributed by atoms with van der Waals surface area (Å²) in [4.78, 5) is 25.0. The van der Waals surface area contributed by atoms with E-state index in [1.807, 2.05) is 0 Å². The van der Waals surface area contributed by atoms with Crippen molar-refractivity contribution in [2.24, 2.45) is 0 Å². The third-order valence-electron chi connectivity index (χ3n) is 4.90. The van der Waals surface area contributed by atoms with E-state index >= 15 is 0 Å². The van der Waals surface area contributed by atoms with Gasteiger partial charge in [-0.2, -0.15) is 0 Å². The summed E-state index contributed by atoms with van der Waals surface area (Å²) >= 11 is 7.15. The zero-order valence-corrected chi connectivity index (χ0v) is 18.1. The lowest BCUT2D eigenvalue weighted by molar-refractivity contribution is -0.116. The van der Waals surface area contributed by atoms with Gasteiger partial charge in [-0.1, -0.05) is 23.7 Å². The second-order valence-corrected chi connectivity index (χ2v) is 9.98. The summed E-state index contributed by atoms with van der Waals surface area (Å²) in [6.45, 7) is 0. The molecule has 9 heteroatoms. The van der Waals surface area contributed by atoms with Crippen LogP contribution in [0.2, 0.25) is 5.02 Å². The van der Waals surface area contributed by atoms with Crippen molar-refractivity contribution >= 4 is 50.3 Å². The number of rotatable bonds is 4. The molecule has 3 aromatic rings. The van der Waals surface area contributed by atoms with Crippen LogP contribution in [0.25, 0.3) is 0 Å². The highest BCUT2D eigenvalue weighted by atomic mass is 35.5. The van der Waals surface area contributed by atoms with E-state index in [0.29, 0.717) is 16.3 Å². The minimum atomic E-state index is -3.83. The number of sulfone groups is 1. The minimum absolute atomic E-state index is 0.0639. The van der Waals surface area contributed by atoms with Gasteiger partial charge >= 0.3 is 5.97 Å². The second kappa shape index (κ2) is 7.86. The van der Waals surface area contributed by atoms with Crippen molar-refractivity contribution in [2.75, 3.05) is 12.4 Å². The predicted octanol–water partition coefficient (Wildman–Crippen LogP) is 4.50. The minimum Gasteiger partial charge on any atom is -0.465 e. The molecule has 4 rings (SSSR count). The van der Waals surface area contributed by atoms with Gasteiger partial charge < -0.3 is 10.1 Å². The summed E-state index contributed by atoms with van der Waals surface area (Å²) in [5.41, 5.74) is 1.53. The van der Waals surface area contributed by atoms with Crippen molar-refractivity contribution in [3.8, 4) is 0 Å². The number of anilines is 1. The zero-order chi connectivity index (χ0) is 21.5. The van der Waals surface area contributed by atoms with Crippen LogP contribution in [0.3, 0.4) is 0 Å². The van der Waals surface area contributed by atoms with Crippen molar-refractivity contribution in [1.29, 1.82) is 0 Å². The molecule has 6 nitrogen and oxygen atoms in total. The summed E-state index contributed by atoms with van der Waals surface area (Å²) < 4.78 is 31.0. The molecule has 1 amide bonds. The summed E-state index contributed by atoms with van der Waals surface area (Å²) in [6, 6.07) is 12.7. The molecule has 2 aromatic carbocycles. The van der Waals surface area contributed by atoms with E-state index in [0.717, 1.165) is 10.4 Å². The maximum Gasteiger partial charge on any atom is 0.337 e. The van der Waals surface area contributed by atoms with Crippen LogP contribution < -0.4 is 5.32 Å². The molecular formula is C21H16ClNO5S2. The average Bonchev–Trinajstić information content (AvgIpc) is 3.17. The topological polar surface area (TPSA) is 89.5 Å². The zero-order valence-electron chi connectivity index (χ0n) is 15.7. The number of hydrogen-bond acceptors (Lipinski definition) is 6. The number of fused-ring (bicyclic) bond motifs is 1. The van der Waals surface area contributed by atoms with Crippen LogP contribution in [0.15, 0.2) is 63.7 Å². The number of carbonyl (C=O) groups excluding carboxylic acids is 2. The van der Waals surface area contributed by atoms with E-state index < -0.39 is 15.8 Å². The fourth-order valence-corrected chi connectivity index (χ4v) is 6.42. The molecule has 0 unspecified atom stereocenters. The largest absolute Gasteiger partial charge is 0.465 e. The van der Waals surface area contributed by atoms with Crippen molar-refractivity contribution in [3.05, 3.63) is 74.9 Å². The van der Waals surface area contributed by atoms with Gasteiger partial charge in [-0.3, -0.25) is 4.79 Å². The van der Waals surface area contributed by atoms with Crippen molar-refractivity contribution < 1.29 is 22.7 Å². The van der Waals surface area contributed by atoms with Crippen molar-refractivity contribution in [2.45, 2.75) is 22.1 Å². The first-order valence-corrected chi connectivity index (χ1v) is 11.7. The molecule has 1 aliphatic rings. The lowest BCUT2D eigenvalue weighted by atomic mass is 9.90. The number of hydrogen-bond donors (Lipinski definition) is 1. The molecule has 154 valence electrons. The van der Waals surface area contributed by atoms with E-state index in [9.17, 15) is 18.0 Å². The summed E-state index contributed by atoms with van der Waals surface area (Å²) in [6.07, 6.45) is 0.186. The van der Waals surface area contributed by atoms with Crippen LogP contribution in [-0.2, 0) is 19.4 Å². The molecule has 1 aliphatic heterocycles. The SMILES string of the molecule is COC(=O)c1ccc([C@H]2CC(=O)Nc3c(S(=O)(=O)c4ccc(Cl)cc4)csc32)cc1. The Hall–Kier alpha value is -2.68. The van der Waals surface area contributed by atoms with Crippen LogP contribution in [0.5, 0.6) is 0 Å². The lowest BCUT2D eigenvalue weighted by Gasteiger charge is -2.24. The Morgan fingerprint density at radius 2 is 1.80 bits per heavy atom. The van der Waals surface area contributed by atoms with Crippen LogP contribution in [0.4, 0.5) is 5.69 Å². The normalized spacial score (nSPS) is 15.9. The molecule has 2 heterocycles. The molecule has 30 heavy (non-hydrogen) atoms. The van der Waals surface area contributed by atoms with E-state index in [1.54, 1.807) is 29.6 Å². The quantitative estimate of drug-likeness (QED) is 0.578. The number of ether oxygens (including phenoxy) is 1. The Morgan fingerprint density at radius 1 is 1.13 bits per heavy atom. The number of carbonyl (C=O) groups is 2. The Balaban J connectivity index is 1.75. The van der Waals surface area contributed by atoms with Gasteiger partial charge in [0.1, 0.15) is 4.90 Å². The predicted molar refractivity (Wildman–Crippen MR) is 114 cm³/mol. The third-order valence-corrected chi connectivity index (χ3v) is 8.19. The number of thiophene rings is 1. The smallest absolute Gasteiger partial charge is 0.337 e. The standard InChI is InChI=1S/C21H16ClNO5S2/c1-28-21(25)13-4-2-12(3-5-13)16-10-18(24)23-19-17(11-29-20(16)19)30(26,27)15-8-6-14(22)7-9-15/h2-9,11,16H,10H2,1H3,(H,23,24)/t16-/m1/s1. The third kappa shape index (κ3) is 3.62. The van der Waals surface area contributed by atoms with Gasteiger partial charge in [0.25, 0.3) is 0 Å². The Kier molecular flexibility index (Phi) is 5.40. The average molecular weight is 462 g/mol. The molecule has 0 saturated heterocycles. The van der Waals surface area contributed by atoms with E-state index in [-0.39, 0.29) is 28.0 Å². The van der Waals surface area contributed by atoms with E-state index in [2.05, 4.69) is 5.32 Å². The fraction of sp³-hybridized carbons (Fsp3) is 0.143. The molecule has 0 saturated carbocycles. The first-order chi connectivity index (χ1) is 14.3. The van der Waals surface area contributed by atoms with E-state index in [1.165, 1.54) is 42.7 Å². The molecule has 0 aliphatic carbocycles. The Morgan fingerprint density at radius 3 is 2.43 bits per heavy atom. The van der Waals surface area contributed by atoms with E-state index in [4.69, 9.17) is 16.3 Å². The summed E-state index contributed by atoms with van der Waals surface area (Å²) in [5, 5.41) is 4.71. The van der Waals surface area contributed by atoms with Gasteiger partial charge in [0, 0.05) is 27.6 Å². The maximum atomic E-state index is 13.1. The number of methoxy groups -OCH3 is 1. The van der Waals surface area contributed by atoms with Gasteiger partial charge in [-0.05, 0) is 42.0 Å². The Labute approximate surface area is 182 Å². The van der Waals surface area contributed by atoms with Crippen LogP contribution in [0, 0.1) is 0 Å². The van der Waals surface area contributed by atoms with Crippen LogP contribution >= 0.6 is 22.9 Å². The van der Waals surface area contributed by atoms with Gasteiger partial charge in [0.05, 0.1) is 23.3 Å². The Bertz CT molecular complexity index is 1230. The fourth-order valence-electron chi connectivity index (χ4n) is 3.38. The monoisotopic (exact) mass is 461 g/mol. The molecule has 0 radical (unpaired) electrons. The first-order valence-electron chi connectivity index (χ1n) is 8.91. The number of halogens is 1. The molecule has 1 aromatic heterocycles. The van der Waals surface area contributed by atoms with Crippen LogP contribution in [-0.4, -0.2) is 27.4 Å². The first kappa shape index (κ1) is 20.6. The maximum absolute atomic E-state index is 13.1. The number of nitrogens with one attached hydrogen (secondary N) is 1. The van der Waals surface area contributed by atoms with Crippen molar-refractivity contribution in [1.82, 2.24) is 0 Å². The lowest BCUT2D eigenvalue weighted by Crippen LogP contribution is -2.23. The van der Waals surface area contributed by atoms with Gasteiger partial charge in [0.2, 0.25) is 15.7 Å². The number of benzene rings is 2. The van der Waals surface area contributed by atoms with Gasteiger partial charge in [-0.25, -0.2) is 13.2 Å². The second-order valence-electron chi connectivity index (χ2n) is 6.72. The summed E-state index contributed by atoms with van der Waals surface area (Å²) in [5.74, 6) is -1.02. The molecule has 1 atom stereocenters. The van der Waals surface area contributed by atoms with Gasteiger partial charge in [-0.15, -0.1) is 11.3 Å². The van der Waals surface area contributed by atoms with Crippen LogP contribution in [0.1, 0.15) is 33.1 Å². The van der Waals surface area contributed by atoms with Gasteiger partial charge in [0.15, 0.2) is 0 Å². The number of amides is 1.